The number of anilines is 1. The van der Waals surface area contributed by atoms with E-state index in [2.05, 4.69) is 5.32 Å². The minimum atomic E-state index is -0.409. The first-order valence-corrected chi connectivity index (χ1v) is 7.02. The fourth-order valence-electron chi connectivity index (χ4n) is 1.92. The second kappa shape index (κ2) is 7.35. The van der Waals surface area contributed by atoms with Crippen LogP contribution in [0.15, 0.2) is 54.6 Å². The van der Waals surface area contributed by atoms with Crippen molar-refractivity contribution in [2.45, 2.75) is 0 Å². The van der Waals surface area contributed by atoms with Crippen LogP contribution in [0.25, 0.3) is 6.08 Å². The van der Waals surface area contributed by atoms with Crippen LogP contribution in [-0.4, -0.2) is 30.8 Å². The first-order valence-electron chi connectivity index (χ1n) is 7.02. The third-order valence-corrected chi connectivity index (χ3v) is 3.08. The fourth-order valence-corrected chi connectivity index (χ4v) is 1.92. The van der Waals surface area contributed by atoms with E-state index in [1.165, 1.54) is 29.2 Å². The number of halogens is 1. The molecular weight excluding hydrogens is 295 g/mol. The van der Waals surface area contributed by atoms with Crippen LogP contribution in [0.5, 0.6) is 0 Å². The standard InChI is InChI=1S/C18H17FN2O2/c1-21(2)18(23)14-9-6-13(7-10-14)8-11-17(22)20-16-5-3-4-15(19)12-16/h3-12H,1-2H3,(H,20,22)/b11-8+. The number of carbonyl (C=O) groups is 2. The molecule has 0 radical (unpaired) electrons. The molecule has 0 fully saturated rings. The number of benzene rings is 2. The lowest BCUT2D eigenvalue weighted by Crippen LogP contribution is -2.21. The Hall–Kier alpha value is -2.95. The predicted octanol–water partition coefficient (Wildman–Crippen LogP) is 3.18. The van der Waals surface area contributed by atoms with Gasteiger partial charge in [-0.2, -0.15) is 0 Å². The van der Waals surface area contributed by atoms with Crippen LogP contribution in [0.3, 0.4) is 0 Å². The maximum Gasteiger partial charge on any atom is 0.253 e. The van der Waals surface area contributed by atoms with Crippen molar-refractivity contribution in [2.75, 3.05) is 19.4 Å². The molecule has 23 heavy (non-hydrogen) atoms. The van der Waals surface area contributed by atoms with Gasteiger partial charge in [0.15, 0.2) is 0 Å². The van der Waals surface area contributed by atoms with E-state index in [9.17, 15) is 14.0 Å². The Morgan fingerprint density at radius 1 is 1.09 bits per heavy atom. The van der Waals surface area contributed by atoms with Gasteiger partial charge in [-0.05, 0) is 42.0 Å². The molecule has 2 aromatic rings. The van der Waals surface area contributed by atoms with E-state index in [4.69, 9.17) is 0 Å². The van der Waals surface area contributed by atoms with Crippen molar-refractivity contribution >= 4 is 23.6 Å². The molecule has 0 aliphatic carbocycles. The molecule has 0 aromatic heterocycles. The Morgan fingerprint density at radius 2 is 1.78 bits per heavy atom. The van der Waals surface area contributed by atoms with Gasteiger partial charge in [0, 0.05) is 31.4 Å². The highest BCUT2D eigenvalue weighted by molar-refractivity contribution is 6.02. The Bertz CT molecular complexity index is 737. The second-order valence-corrected chi connectivity index (χ2v) is 5.15. The fraction of sp³-hybridized carbons (Fsp3) is 0.111. The monoisotopic (exact) mass is 312 g/mol. The average molecular weight is 312 g/mol. The summed E-state index contributed by atoms with van der Waals surface area (Å²) >= 11 is 0. The molecule has 0 spiro atoms. The highest BCUT2D eigenvalue weighted by atomic mass is 19.1. The third-order valence-electron chi connectivity index (χ3n) is 3.08. The van der Waals surface area contributed by atoms with E-state index in [0.717, 1.165) is 5.56 Å². The Balaban J connectivity index is 1.99. The van der Waals surface area contributed by atoms with Crippen molar-refractivity contribution in [1.29, 1.82) is 0 Å². The molecule has 4 nitrogen and oxygen atoms in total. The number of carbonyl (C=O) groups excluding carboxylic acids is 2. The smallest absolute Gasteiger partial charge is 0.253 e. The molecule has 5 heteroatoms. The van der Waals surface area contributed by atoms with Gasteiger partial charge in [-0.3, -0.25) is 9.59 Å². The average Bonchev–Trinajstić information content (AvgIpc) is 2.52. The highest BCUT2D eigenvalue weighted by Gasteiger charge is 2.06. The van der Waals surface area contributed by atoms with Gasteiger partial charge in [-0.1, -0.05) is 18.2 Å². The van der Waals surface area contributed by atoms with Crippen molar-refractivity contribution < 1.29 is 14.0 Å². The van der Waals surface area contributed by atoms with Crippen molar-refractivity contribution in [3.05, 3.63) is 71.6 Å². The second-order valence-electron chi connectivity index (χ2n) is 5.15. The zero-order chi connectivity index (χ0) is 16.8. The summed E-state index contributed by atoms with van der Waals surface area (Å²) < 4.78 is 13.0. The van der Waals surface area contributed by atoms with Gasteiger partial charge >= 0.3 is 0 Å². The summed E-state index contributed by atoms with van der Waals surface area (Å²) in [7, 11) is 3.37. The molecule has 0 aliphatic heterocycles. The summed E-state index contributed by atoms with van der Waals surface area (Å²) in [5.41, 5.74) is 1.76. The first-order chi connectivity index (χ1) is 11.0. The van der Waals surface area contributed by atoms with Crippen LogP contribution >= 0.6 is 0 Å². The van der Waals surface area contributed by atoms with E-state index >= 15 is 0 Å². The van der Waals surface area contributed by atoms with Gasteiger partial charge in [0.25, 0.3) is 5.91 Å². The van der Waals surface area contributed by atoms with Crippen LogP contribution in [-0.2, 0) is 4.79 Å². The van der Waals surface area contributed by atoms with Crippen molar-refractivity contribution in [3.63, 3.8) is 0 Å². The zero-order valence-corrected chi connectivity index (χ0v) is 12.9. The van der Waals surface area contributed by atoms with Crippen LogP contribution in [0.2, 0.25) is 0 Å². The quantitative estimate of drug-likeness (QED) is 0.882. The van der Waals surface area contributed by atoms with E-state index in [1.807, 2.05) is 0 Å². The first kappa shape index (κ1) is 16.4. The number of rotatable bonds is 4. The lowest BCUT2D eigenvalue weighted by Gasteiger charge is -2.09. The lowest BCUT2D eigenvalue weighted by atomic mass is 10.1. The zero-order valence-electron chi connectivity index (χ0n) is 12.9. The molecule has 0 saturated heterocycles. The van der Waals surface area contributed by atoms with Crippen LogP contribution in [0.4, 0.5) is 10.1 Å². The summed E-state index contributed by atoms with van der Waals surface area (Å²) in [6, 6.07) is 12.6. The molecule has 0 heterocycles. The van der Waals surface area contributed by atoms with Crippen molar-refractivity contribution in [2.24, 2.45) is 0 Å². The number of nitrogens with zero attached hydrogens (tertiary/aromatic N) is 1. The minimum absolute atomic E-state index is 0.0793. The number of hydrogen-bond acceptors (Lipinski definition) is 2. The lowest BCUT2D eigenvalue weighted by molar-refractivity contribution is -0.111. The van der Waals surface area contributed by atoms with E-state index in [-0.39, 0.29) is 11.8 Å². The van der Waals surface area contributed by atoms with E-state index in [1.54, 1.807) is 50.5 Å². The molecule has 2 rings (SSSR count). The van der Waals surface area contributed by atoms with Crippen molar-refractivity contribution in [3.8, 4) is 0 Å². The number of amides is 2. The normalized spacial score (nSPS) is 10.6. The molecule has 0 saturated carbocycles. The topological polar surface area (TPSA) is 49.4 Å². The van der Waals surface area contributed by atoms with Crippen LogP contribution in [0.1, 0.15) is 15.9 Å². The summed E-state index contributed by atoms with van der Waals surface area (Å²) in [5.74, 6) is -0.846. The SMILES string of the molecule is CN(C)C(=O)c1ccc(/C=C/C(=O)Nc2cccc(F)c2)cc1. The van der Waals surface area contributed by atoms with E-state index in [0.29, 0.717) is 11.3 Å². The summed E-state index contributed by atoms with van der Waals surface area (Å²) in [4.78, 5) is 25.0. The van der Waals surface area contributed by atoms with Gasteiger partial charge in [0.1, 0.15) is 5.82 Å². The largest absolute Gasteiger partial charge is 0.345 e. The number of hydrogen-bond donors (Lipinski definition) is 1. The molecule has 2 aromatic carbocycles. The van der Waals surface area contributed by atoms with E-state index < -0.39 is 5.82 Å². The Kier molecular flexibility index (Phi) is 5.25. The molecule has 2 amide bonds. The summed E-state index contributed by atoms with van der Waals surface area (Å²) in [6.07, 6.45) is 2.98. The molecule has 1 N–H and O–H groups in total. The molecular formula is C18H17FN2O2. The van der Waals surface area contributed by atoms with Gasteiger partial charge in [-0.15, -0.1) is 0 Å². The summed E-state index contributed by atoms with van der Waals surface area (Å²) in [5, 5.41) is 2.57. The highest BCUT2D eigenvalue weighted by Crippen LogP contribution is 2.10. The number of nitrogens with one attached hydrogen (secondary N) is 1. The Labute approximate surface area is 134 Å². The maximum absolute atomic E-state index is 13.0. The molecule has 0 aliphatic rings. The molecule has 0 unspecified atom stereocenters. The molecule has 118 valence electrons. The maximum atomic E-state index is 13.0. The molecule has 0 bridgehead atoms. The van der Waals surface area contributed by atoms with Gasteiger partial charge < -0.3 is 10.2 Å². The predicted molar refractivity (Wildman–Crippen MR) is 88.5 cm³/mol. The van der Waals surface area contributed by atoms with Crippen molar-refractivity contribution in [1.82, 2.24) is 4.90 Å². The third kappa shape index (κ3) is 4.78. The summed E-state index contributed by atoms with van der Waals surface area (Å²) in [6.45, 7) is 0. The van der Waals surface area contributed by atoms with Gasteiger partial charge in [0.2, 0.25) is 5.91 Å². The molecule has 0 atom stereocenters. The van der Waals surface area contributed by atoms with Gasteiger partial charge in [0.05, 0.1) is 0 Å². The minimum Gasteiger partial charge on any atom is -0.345 e. The van der Waals surface area contributed by atoms with Gasteiger partial charge in [-0.25, -0.2) is 4.39 Å². The van der Waals surface area contributed by atoms with Crippen LogP contribution in [0, 0.1) is 5.82 Å². The Morgan fingerprint density at radius 3 is 2.39 bits per heavy atom. The van der Waals surface area contributed by atoms with Crippen LogP contribution < -0.4 is 5.32 Å².